The van der Waals surface area contributed by atoms with Crippen LogP contribution in [-0.2, 0) is 4.74 Å². The molecular formula is C28H26N4O7. The number of amides is 2. The van der Waals surface area contributed by atoms with Crippen LogP contribution in [0.1, 0.15) is 33.9 Å². The van der Waals surface area contributed by atoms with Crippen molar-refractivity contribution in [1.29, 1.82) is 0 Å². The summed E-state index contributed by atoms with van der Waals surface area (Å²) in [7, 11) is 0. The molecule has 200 valence electrons. The number of aliphatic hydroxyl groups excluding tert-OH is 4. The number of H-pyrrole nitrogens is 1. The molecule has 2 aromatic heterocycles. The number of carbonyl (C=O) groups is 2. The fraction of sp³-hybridized carbons (Fsp3) is 0.286. The summed E-state index contributed by atoms with van der Waals surface area (Å²) in [4.78, 5) is 29.9. The lowest BCUT2D eigenvalue weighted by molar-refractivity contribution is -0.249. The molecule has 1 saturated heterocycles. The highest BCUT2D eigenvalue weighted by Crippen LogP contribution is 2.47. The van der Waals surface area contributed by atoms with Crippen LogP contribution in [0.2, 0.25) is 0 Å². The van der Waals surface area contributed by atoms with Gasteiger partial charge in [0, 0.05) is 33.6 Å². The van der Waals surface area contributed by atoms with Gasteiger partial charge in [-0.15, -0.1) is 0 Å². The number of nitrogens with one attached hydrogen (secondary N) is 3. The summed E-state index contributed by atoms with van der Waals surface area (Å²) >= 11 is 0. The van der Waals surface area contributed by atoms with Crippen LogP contribution in [0.5, 0.6) is 0 Å². The Kier molecular flexibility index (Phi) is 5.25. The first-order chi connectivity index (χ1) is 18.9. The van der Waals surface area contributed by atoms with E-state index in [0.29, 0.717) is 44.9 Å². The number of carbonyl (C=O) groups excluding carboxylic acids is 2. The van der Waals surface area contributed by atoms with Crippen molar-refractivity contribution in [2.45, 2.75) is 37.6 Å². The molecule has 11 nitrogen and oxygen atoms in total. The lowest BCUT2D eigenvalue weighted by atomic mass is 9.96. The van der Waals surface area contributed by atoms with Crippen LogP contribution < -0.4 is 10.6 Å². The third-order valence-corrected chi connectivity index (χ3v) is 7.89. The van der Waals surface area contributed by atoms with Gasteiger partial charge in [-0.1, -0.05) is 30.3 Å². The van der Waals surface area contributed by atoms with Gasteiger partial charge in [-0.3, -0.25) is 14.9 Å². The number of aromatic amines is 1. The van der Waals surface area contributed by atoms with Crippen molar-refractivity contribution in [3.63, 3.8) is 0 Å². The van der Waals surface area contributed by atoms with E-state index in [4.69, 9.17) is 4.74 Å². The van der Waals surface area contributed by atoms with E-state index in [1.807, 2.05) is 49.4 Å². The van der Waals surface area contributed by atoms with Crippen LogP contribution in [0.4, 0.5) is 5.69 Å². The molecule has 0 aliphatic carbocycles. The molecule has 3 aromatic carbocycles. The quantitative estimate of drug-likeness (QED) is 0.172. The van der Waals surface area contributed by atoms with Crippen LogP contribution in [0, 0.1) is 0 Å². The molecule has 2 aliphatic heterocycles. The molecule has 2 amide bonds. The van der Waals surface area contributed by atoms with Crippen LogP contribution >= 0.6 is 0 Å². The van der Waals surface area contributed by atoms with Crippen LogP contribution in [-0.4, -0.2) is 79.4 Å². The van der Waals surface area contributed by atoms with Gasteiger partial charge < -0.3 is 40.0 Å². The maximum absolute atomic E-state index is 13.3. The predicted molar refractivity (Wildman–Crippen MR) is 144 cm³/mol. The number of aliphatic hydroxyl groups is 4. The van der Waals surface area contributed by atoms with Crippen molar-refractivity contribution >= 4 is 61.1 Å². The monoisotopic (exact) mass is 530 g/mol. The number of anilines is 1. The molecule has 0 spiro atoms. The second-order valence-electron chi connectivity index (χ2n) is 10.00. The minimum atomic E-state index is -1.61. The van der Waals surface area contributed by atoms with Crippen LogP contribution in [0.15, 0.2) is 42.5 Å². The minimum Gasteiger partial charge on any atom is -0.394 e. The summed E-state index contributed by atoms with van der Waals surface area (Å²) < 4.78 is 7.75. The van der Waals surface area contributed by atoms with E-state index < -0.39 is 49.1 Å². The highest BCUT2D eigenvalue weighted by atomic mass is 16.6. The van der Waals surface area contributed by atoms with Crippen molar-refractivity contribution in [2.24, 2.45) is 0 Å². The van der Waals surface area contributed by atoms with Gasteiger partial charge in [0.25, 0.3) is 11.8 Å². The summed E-state index contributed by atoms with van der Waals surface area (Å²) in [6.45, 7) is 1.90. The van der Waals surface area contributed by atoms with Crippen molar-refractivity contribution < 1.29 is 34.8 Å². The minimum absolute atomic E-state index is 0.217. The van der Waals surface area contributed by atoms with Crippen molar-refractivity contribution in [3.8, 4) is 0 Å². The molecule has 7 N–H and O–H groups in total. The van der Waals surface area contributed by atoms with Gasteiger partial charge in [0.05, 0.1) is 40.0 Å². The Labute approximate surface area is 220 Å². The number of imide groups is 1. The number of hydrogen-bond donors (Lipinski definition) is 7. The maximum atomic E-state index is 13.3. The molecule has 0 unspecified atom stereocenters. The standard InChI is InChI=1S/C28H26N4O7/c1-2-29-14-9-5-7-12-17-19-18(26(37)31-27(19)38)16-11-6-3-4-8-13(11)30-20(16)22(17)32(21(12)14)28-25(36)24(35)23(34)15(10-33)39-28/h3-9,15,23-25,28-30,33-36H,2,10H2,1H3,(H,31,37,38)/t15-,23-,24+,25-,28-/m1/s1. The van der Waals surface area contributed by atoms with Gasteiger partial charge in [-0.2, -0.15) is 0 Å². The van der Waals surface area contributed by atoms with Gasteiger partial charge in [-0.25, -0.2) is 0 Å². The SMILES string of the molecule is CCNc1cccc2c3c4c(c5c6ccccc6[nH]c5c3n([C@@H]3O[C@H](CO)[C@@H](O)[C@H](O)[C@H]3O)c12)C(=O)NC4=O. The molecule has 7 rings (SSSR count). The number of hydrogen-bond acceptors (Lipinski definition) is 8. The van der Waals surface area contributed by atoms with E-state index in [1.54, 1.807) is 4.57 Å². The van der Waals surface area contributed by atoms with Gasteiger partial charge in [0.1, 0.15) is 24.4 Å². The summed E-state index contributed by atoms with van der Waals surface area (Å²) in [6, 6.07) is 12.9. The molecule has 0 bridgehead atoms. The Hall–Kier alpha value is -4.00. The normalized spacial score (nSPS) is 25.2. The number of nitrogens with zero attached hydrogens (tertiary/aromatic N) is 1. The zero-order valence-electron chi connectivity index (χ0n) is 20.8. The Bertz CT molecular complexity index is 1840. The van der Waals surface area contributed by atoms with E-state index in [-0.39, 0.29) is 11.1 Å². The highest BCUT2D eigenvalue weighted by molar-refractivity contribution is 6.39. The fourth-order valence-corrected chi connectivity index (χ4v) is 6.26. The molecule has 4 heterocycles. The van der Waals surface area contributed by atoms with Crippen molar-refractivity contribution in [1.82, 2.24) is 14.9 Å². The number of para-hydroxylation sites is 2. The van der Waals surface area contributed by atoms with Gasteiger partial charge in [0.15, 0.2) is 6.23 Å². The first-order valence-corrected chi connectivity index (χ1v) is 12.8. The Morgan fingerprint density at radius 2 is 1.62 bits per heavy atom. The van der Waals surface area contributed by atoms with Gasteiger partial charge >= 0.3 is 0 Å². The summed E-state index contributed by atoms with van der Waals surface area (Å²) in [6.07, 6.45) is -7.14. The molecule has 2 aliphatic rings. The molecule has 5 atom stereocenters. The summed E-state index contributed by atoms with van der Waals surface area (Å²) in [5.74, 6) is -1.03. The van der Waals surface area contributed by atoms with E-state index in [2.05, 4.69) is 15.6 Å². The Morgan fingerprint density at radius 3 is 2.36 bits per heavy atom. The van der Waals surface area contributed by atoms with Gasteiger partial charge in [0.2, 0.25) is 0 Å². The lowest BCUT2D eigenvalue weighted by Gasteiger charge is -2.41. The smallest absolute Gasteiger partial charge is 0.259 e. The van der Waals surface area contributed by atoms with E-state index >= 15 is 0 Å². The molecule has 1 fully saturated rings. The highest BCUT2D eigenvalue weighted by Gasteiger charge is 2.46. The molecular weight excluding hydrogens is 504 g/mol. The summed E-state index contributed by atoms with van der Waals surface area (Å²) in [5, 5.41) is 50.5. The fourth-order valence-electron chi connectivity index (χ4n) is 6.26. The number of rotatable bonds is 4. The number of ether oxygens (including phenoxy) is 1. The van der Waals surface area contributed by atoms with Crippen molar-refractivity contribution in [3.05, 3.63) is 53.6 Å². The predicted octanol–water partition coefficient (Wildman–Crippen LogP) is 1.72. The Morgan fingerprint density at radius 1 is 0.897 bits per heavy atom. The average molecular weight is 531 g/mol. The Balaban J connectivity index is 1.73. The van der Waals surface area contributed by atoms with E-state index in [0.717, 1.165) is 10.9 Å². The second-order valence-corrected chi connectivity index (χ2v) is 10.00. The first-order valence-electron chi connectivity index (χ1n) is 12.8. The van der Waals surface area contributed by atoms with Crippen LogP contribution in [0.25, 0.3) is 43.6 Å². The van der Waals surface area contributed by atoms with Gasteiger partial charge in [-0.05, 0) is 19.1 Å². The first kappa shape index (κ1) is 24.1. The molecule has 5 aromatic rings. The average Bonchev–Trinajstić information content (AvgIpc) is 3.57. The number of benzene rings is 3. The van der Waals surface area contributed by atoms with Crippen LogP contribution in [0.3, 0.4) is 0 Å². The number of fused-ring (bicyclic) bond motifs is 10. The van der Waals surface area contributed by atoms with E-state index in [1.165, 1.54) is 0 Å². The second kappa shape index (κ2) is 8.50. The zero-order chi connectivity index (χ0) is 27.2. The number of aromatic nitrogens is 2. The zero-order valence-corrected chi connectivity index (χ0v) is 20.8. The summed E-state index contributed by atoms with van der Waals surface area (Å²) in [5.41, 5.74) is 3.49. The largest absolute Gasteiger partial charge is 0.394 e. The third kappa shape index (κ3) is 3.10. The van der Waals surface area contributed by atoms with Crippen molar-refractivity contribution in [2.75, 3.05) is 18.5 Å². The lowest BCUT2D eigenvalue weighted by Crippen LogP contribution is -2.56. The topological polar surface area (TPSA) is 169 Å². The third-order valence-electron chi connectivity index (χ3n) is 7.89. The molecule has 0 saturated carbocycles. The maximum Gasteiger partial charge on any atom is 0.259 e. The molecule has 0 radical (unpaired) electrons. The molecule has 11 heteroatoms. The van der Waals surface area contributed by atoms with E-state index in [9.17, 15) is 30.0 Å². The molecule has 39 heavy (non-hydrogen) atoms.